The smallest absolute Gasteiger partial charge is 0.410 e. The van der Waals surface area contributed by atoms with Crippen molar-refractivity contribution in [1.82, 2.24) is 4.90 Å². The molecule has 0 unspecified atom stereocenters. The number of carboxylic acid groups (broad SMARTS) is 1. The van der Waals surface area contributed by atoms with E-state index in [9.17, 15) is 9.59 Å². The van der Waals surface area contributed by atoms with Crippen LogP contribution >= 0.6 is 0 Å². The maximum absolute atomic E-state index is 13.1. The maximum Gasteiger partial charge on any atom is 0.410 e. The average Bonchev–Trinajstić information content (AvgIpc) is 3.19. The van der Waals surface area contributed by atoms with Crippen molar-refractivity contribution in [2.45, 2.75) is 70.7 Å². The quantitative estimate of drug-likeness (QED) is 0.536. The van der Waals surface area contributed by atoms with Crippen LogP contribution in [0.1, 0.15) is 48.0 Å². The van der Waals surface area contributed by atoms with Crippen molar-refractivity contribution in [2.24, 2.45) is 0 Å². The lowest BCUT2D eigenvalue weighted by atomic mass is 10.2. The van der Waals surface area contributed by atoms with E-state index in [0.717, 1.165) is 10.4 Å². The summed E-state index contributed by atoms with van der Waals surface area (Å²) in [5.41, 5.74) is -0.652. The number of carbonyl (C=O) groups excluding carboxylic acids is 1. The zero-order valence-electron chi connectivity index (χ0n) is 22.2. The third-order valence-electron chi connectivity index (χ3n) is 6.30. The predicted octanol–water partition coefficient (Wildman–Crippen LogP) is 4.04. The number of nitrogens with zero attached hydrogens (tertiary/aromatic N) is 1. The van der Waals surface area contributed by atoms with Crippen molar-refractivity contribution in [3.8, 4) is 0 Å². The van der Waals surface area contributed by atoms with Gasteiger partial charge in [0, 0.05) is 6.54 Å². The minimum Gasteiger partial charge on any atom is -0.480 e. The molecule has 0 aromatic heterocycles. The first kappa shape index (κ1) is 27.9. The number of rotatable bonds is 8. The maximum atomic E-state index is 13.1. The van der Waals surface area contributed by atoms with Crippen LogP contribution in [0.2, 0.25) is 5.04 Å². The van der Waals surface area contributed by atoms with Crippen LogP contribution in [0.4, 0.5) is 4.79 Å². The molecule has 36 heavy (non-hydrogen) atoms. The predicted molar refractivity (Wildman–Crippen MR) is 142 cm³/mol. The molecule has 1 saturated heterocycles. The van der Waals surface area contributed by atoms with E-state index in [2.05, 4.69) is 45.0 Å². The van der Waals surface area contributed by atoms with E-state index in [0.29, 0.717) is 13.0 Å². The molecule has 0 saturated carbocycles. The Hall–Kier alpha value is -2.68. The van der Waals surface area contributed by atoms with E-state index < -0.39 is 32.6 Å². The lowest BCUT2D eigenvalue weighted by molar-refractivity contribution is -0.142. The first-order chi connectivity index (χ1) is 16.8. The van der Waals surface area contributed by atoms with E-state index >= 15 is 0 Å². The summed E-state index contributed by atoms with van der Waals surface area (Å²) in [5, 5.41) is 11.1. The van der Waals surface area contributed by atoms with Gasteiger partial charge < -0.3 is 23.9 Å². The Bertz CT molecular complexity index is 976. The zero-order valence-corrected chi connectivity index (χ0v) is 23.2. The van der Waals surface area contributed by atoms with Gasteiger partial charge in [-0.05, 0) is 42.6 Å². The third kappa shape index (κ3) is 6.54. The fourth-order valence-electron chi connectivity index (χ4n) is 4.88. The summed E-state index contributed by atoms with van der Waals surface area (Å²) in [6.45, 7) is 12.2. The van der Waals surface area contributed by atoms with Crippen molar-refractivity contribution < 1.29 is 28.6 Å². The Kier molecular flexibility index (Phi) is 8.64. The lowest BCUT2D eigenvalue weighted by Crippen LogP contribution is -2.67. The van der Waals surface area contributed by atoms with Crippen molar-refractivity contribution in [1.29, 1.82) is 0 Å². The molecular weight excluding hydrogens is 474 g/mol. The van der Waals surface area contributed by atoms with Gasteiger partial charge in [-0.15, -0.1) is 0 Å². The summed E-state index contributed by atoms with van der Waals surface area (Å²) in [7, 11) is -2.82. The molecule has 2 aromatic carbocycles. The van der Waals surface area contributed by atoms with Crippen LogP contribution in [0.5, 0.6) is 0 Å². The standard InChI is InChI=1S/C28H39NO6Si/c1-27(2,3)34-26(32)29-18-22(17-21(29)19-33-20-25(30)31)35-36(28(4,5)6,23-13-9-7-10-14-23)24-15-11-8-12-16-24/h7-16,21-22H,17-20H2,1-6H3,(H,30,31)/t21-,22-/m1/s1. The van der Waals surface area contributed by atoms with Gasteiger partial charge in [-0.1, -0.05) is 81.4 Å². The van der Waals surface area contributed by atoms with Gasteiger partial charge in [-0.3, -0.25) is 0 Å². The summed E-state index contributed by atoms with van der Waals surface area (Å²) in [6.07, 6.45) is -0.175. The number of amides is 1. The number of aliphatic carboxylic acids is 1. The molecule has 1 fully saturated rings. The van der Waals surface area contributed by atoms with Gasteiger partial charge in [-0.25, -0.2) is 9.59 Å². The number of likely N-dealkylation sites (tertiary alicyclic amines) is 1. The van der Waals surface area contributed by atoms with Crippen LogP contribution in [-0.4, -0.2) is 67.9 Å². The van der Waals surface area contributed by atoms with E-state index in [1.165, 1.54) is 0 Å². The second kappa shape index (κ2) is 11.1. The average molecular weight is 514 g/mol. The molecular formula is C28H39NO6Si. The Morgan fingerprint density at radius 2 is 1.47 bits per heavy atom. The molecule has 1 N–H and O–H groups in total. The molecule has 0 bridgehead atoms. The fourth-order valence-corrected chi connectivity index (χ4v) is 9.57. The highest BCUT2D eigenvalue weighted by Crippen LogP contribution is 2.39. The minimum absolute atomic E-state index is 0.103. The van der Waals surface area contributed by atoms with Crippen molar-refractivity contribution in [3.63, 3.8) is 0 Å². The normalized spacial score (nSPS) is 18.8. The van der Waals surface area contributed by atoms with Crippen LogP contribution in [0.15, 0.2) is 60.7 Å². The van der Waals surface area contributed by atoms with Gasteiger partial charge in [0.25, 0.3) is 8.32 Å². The van der Waals surface area contributed by atoms with E-state index in [4.69, 9.17) is 19.0 Å². The van der Waals surface area contributed by atoms with Gasteiger partial charge >= 0.3 is 12.1 Å². The van der Waals surface area contributed by atoms with Crippen LogP contribution < -0.4 is 10.4 Å². The molecule has 1 heterocycles. The molecule has 1 amide bonds. The largest absolute Gasteiger partial charge is 0.480 e. The number of ether oxygens (including phenoxy) is 2. The van der Waals surface area contributed by atoms with Crippen molar-refractivity contribution >= 4 is 30.8 Å². The number of hydrogen-bond donors (Lipinski definition) is 1. The number of benzene rings is 2. The molecule has 0 spiro atoms. The van der Waals surface area contributed by atoms with Crippen LogP contribution in [-0.2, 0) is 18.7 Å². The van der Waals surface area contributed by atoms with E-state index in [1.54, 1.807) is 4.90 Å². The molecule has 0 radical (unpaired) electrons. The van der Waals surface area contributed by atoms with E-state index in [-0.39, 0.29) is 23.8 Å². The Morgan fingerprint density at radius 3 is 1.92 bits per heavy atom. The van der Waals surface area contributed by atoms with Crippen LogP contribution in [0.3, 0.4) is 0 Å². The topological polar surface area (TPSA) is 85.3 Å². The highest BCUT2D eigenvalue weighted by atomic mass is 28.4. The monoisotopic (exact) mass is 513 g/mol. The van der Waals surface area contributed by atoms with Gasteiger partial charge in [0.15, 0.2) is 0 Å². The second-order valence-corrected chi connectivity index (χ2v) is 15.6. The van der Waals surface area contributed by atoms with Crippen molar-refractivity contribution in [2.75, 3.05) is 19.8 Å². The second-order valence-electron chi connectivity index (χ2n) is 11.3. The third-order valence-corrected chi connectivity index (χ3v) is 11.4. The Balaban J connectivity index is 1.98. The first-order valence-electron chi connectivity index (χ1n) is 12.4. The van der Waals surface area contributed by atoms with Gasteiger partial charge in [0.2, 0.25) is 0 Å². The number of carbonyl (C=O) groups is 2. The summed E-state index contributed by atoms with van der Waals surface area (Å²) < 4.78 is 18.3. The Labute approximate surface area is 215 Å². The zero-order chi connectivity index (χ0) is 26.6. The molecule has 0 aliphatic carbocycles. The minimum atomic E-state index is -2.82. The molecule has 3 rings (SSSR count). The summed E-state index contributed by atoms with van der Waals surface area (Å²) >= 11 is 0. The lowest BCUT2D eigenvalue weighted by Gasteiger charge is -2.44. The number of hydrogen-bond acceptors (Lipinski definition) is 5. The molecule has 8 heteroatoms. The highest BCUT2D eigenvalue weighted by molar-refractivity contribution is 6.99. The first-order valence-corrected chi connectivity index (χ1v) is 14.3. The summed E-state index contributed by atoms with van der Waals surface area (Å²) in [6, 6.07) is 20.4. The highest BCUT2D eigenvalue weighted by Gasteiger charge is 2.53. The molecule has 7 nitrogen and oxygen atoms in total. The van der Waals surface area contributed by atoms with Crippen LogP contribution in [0.25, 0.3) is 0 Å². The van der Waals surface area contributed by atoms with Crippen molar-refractivity contribution in [3.05, 3.63) is 60.7 Å². The van der Waals surface area contributed by atoms with Gasteiger partial charge in [-0.2, -0.15) is 0 Å². The molecule has 2 atom stereocenters. The molecule has 196 valence electrons. The number of carboxylic acids is 1. The Morgan fingerprint density at radius 1 is 0.944 bits per heavy atom. The SMILES string of the molecule is CC(C)(C)OC(=O)N1C[C@H](O[Si](c2ccccc2)(c2ccccc2)C(C)(C)C)C[C@@H]1COCC(=O)O. The van der Waals surface area contributed by atoms with Crippen LogP contribution in [0, 0.1) is 0 Å². The van der Waals surface area contributed by atoms with E-state index in [1.807, 2.05) is 57.2 Å². The molecule has 1 aliphatic rings. The molecule has 1 aliphatic heterocycles. The van der Waals surface area contributed by atoms with Gasteiger partial charge in [0.1, 0.15) is 12.2 Å². The summed E-state index contributed by atoms with van der Waals surface area (Å²) in [4.78, 5) is 25.7. The summed E-state index contributed by atoms with van der Waals surface area (Å²) in [5.74, 6) is -1.04. The fraction of sp³-hybridized carbons (Fsp3) is 0.500. The van der Waals surface area contributed by atoms with Gasteiger partial charge in [0.05, 0.1) is 18.8 Å². The molecule has 2 aromatic rings.